The van der Waals surface area contributed by atoms with Crippen molar-refractivity contribution in [3.8, 4) is 0 Å². The Kier molecular flexibility index (Phi) is 12.0. The van der Waals surface area contributed by atoms with E-state index in [1.54, 1.807) is 12.1 Å². The molecule has 1 rings (SSSR count). The molecule has 5 heteroatoms. The van der Waals surface area contributed by atoms with Crippen LogP contribution in [0.3, 0.4) is 0 Å². The Morgan fingerprint density at radius 2 is 1.20 bits per heavy atom. The molecule has 1 aromatic rings. The van der Waals surface area contributed by atoms with Crippen molar-refractivity contribution in [1.29, 1.82) is 0 Å². The van der Waals surface area contributed by atoms with Crippen molar-refractivity contribution in [2.45, 2.75) is 71.1 Å². The average molecular weight is 373 g/mol. The SMILES string of the molecule is CCCC[N+](C)(CCCC)CCCC.Cc1ccc(S(=O)(=O)O)cc1. The summed E-state index contributed by atoms with van der Waals surface area (Å²) >= 11 is 0. The number of aryl methyl sites for hydroxylation is 1. The van der Waals surface area contributed by atoms with Crippen molar-refractivity contribution < 1.29 is 17.5 Å². The molecule has 0 aliphatic carbocycles. The first kappa shape index (κ1) is 24.1. The summed E-state index contributed by atoms with van der Waals surface area (Å²) < 4.78 is 30.9. The van der Waals surface area contributed by atoms with Crippen molar-refractivity contribution in [2.24, 2.45) is 0 Å². The van der Waals surface area contributed by atoms with E-state index in [1.165, 1.54) is 74.8 Å². The molecule has 146 valence electrons. The van der Waals surface area contributed by atoms with Gasteiger partial charge in [0.1, 0.15) is 0 Å². The van der Waals surface area contributed by atoms with E-state index in [0.29, 0.717) is 0 Å². The van der Waals surface area contributed by atoms with Crippen molar-refractivity contribution in [2.75, 3.05) is 26.7 Å². The fraction of sp³-hybridized carbons (Fsp3) is 0.700. The molecule has 1 aromatic carbocycles. The fourth-order valence-corrected chi connectivity index (χ4v) is 3.15. The summed E-state index contributed by atoms with van der Waals surface area (Å²) in [5.74, 6) is 0. The second-order valence-corrected chi connectivity index (χ2v) is 8.56. The van der Waals surface area contributed by atoms with E-state index in [9.17, 15) is 8.42 Å². The van der Waals surface area contributed by atoms with E-state index in [-0.39, 0.29) is 4.90 Å². The third-order valence-electron chi connectivity index (χ3n) is 4.47. The zero-order chi connectivity index (χ0) is 19.3. The first-order chi connectivity index (χ1) is 11.7. The van der Waals surface area contributed by atoms with Crippen molar-refractivity contribution in [1.82, 2.24) is 0 Å². The Balaban J connectivity index is 0.000000472. The Bertz CT molecular complexity index is 531. The summed E-state index contributed by atoms with van der Waals surface area (Å²) in [7, 11) is -1.57. The van der Waals surface area contributed by atoms with E-state index in [1.807, 2.05) is 6.92 Å². The minimum Gasteiger partial charge on any atom is -0.326 e. The number of rotatable bonds is 10. The Hall–Kier alpha value is -0.910. The second-order valence-electron chi connectivity index (χ2n) is 7.14. The molecule has 0 aromatic heterocycles. The van der Waals surface area contributed by atoms with Crippen LogP contribution in [0.5, 0.6) is 0 Å². The summed E-state index contributed by atoms with van der Waals surface area (Å²) in [4.78, 5) is -0.0666. The van der Waals surface area contributed by atoms with Crippen LogP contribution in [0.4, 0.5) is 0 Å². The quantitative estimate of drug-likeness (QED) is 0.460. The highest BCUT2D eigenvalue weighted by Crippen LogP contribution is 2.11. The maximum absolute atomic E-state index is 10.5. The molecular weight excluding hydrogens is 334 g/mol. The maximum Gasteiger partial charge on any atom is 0.294 e. The molecule has 4 nitrogen and oxygen atoms in total. The molecule has 0 unspecified atom stereocenters. The molecular formula is C20H38NO3S+. The zero-order valence-electron chi connectivity index (χ0n) is 16.8. The van der Waals surface area contributed by atoms with E-state index >= 15 is 0 Å². The summed E-state index contributed by atoms with van der Waals surface area (Å²) in [6, 6.07) is 5.99. The highest BCUT2D eigenvalue weighted by Gasteiger charge is 2.18. The van der Waals surface area contributed by atoms with Crippen LogP contribution in [0.1, 0.15) is 64.9 Å². The topological polar surface area (TPSA) is 54.4 Å². The predicted molar refractivity (Wildman–Crippen MR) is 107 cm³/mol. The highest BCUT2D eigenvalue weighted by atomic mass is 32.2. The van der Waals surface area contributed by atoms with Gasteiger partial charge in [0.25, 0.3) is 10.1 Å². The smallest absolute Gasteiger partial charge is 0.294 e. The van der Waals surface area contributed by atoms with Crippen LogP contribution in [-0.2, 0) is 10.1 Å². The van der Waals surface area contributed by atoms with Gasteiger partial charge in [-0.1, -0.05) is 57.7 Å². The van der Waals surface area contributed by atoms with E-state index in [0.717, 1.165) is 5.56 Å². The minimum absolute atomic E-state index is 0.0666. The lowest BCUT2D eigenvalue weighted by molar-refractivity contribution is -0.910. The van der Waals surface area contributed by atoms with Crippen LogP contribution in [-0.4, -0.2) is 44.1 Å². The molecule has 0 amide bonds. The van der Waals surface area contributed by atoms with Gasteiger partial charge in [0, 0.05) is 0 Å². The largest absolute Gasteiger partial charge is 0.326 e. The van der Waals surface area contributed by atoms with Gasteiger partial charge in [-0.2, -0.15) is 8.42 Å². The van der Waals surface area contributed by atoms with E-state index < -0.39 is 10.1 Å². The lowest BCUT2D eigenvalue weighted by Gasteiger charge is -2.34. The van der Waals surface area contributed by atoms with Gasteiger partial charge < -0.3 is 4.48 Å². The Morgan fingerprint density at radius 3 is 1.48 bits per heavy atom. The molecule has 0 fully saturated rings. The number of unbranched alkanes of at least 4 members (excludes halogenated alkanes) is 3. The third kappa shape index (κ3) is 11.3. The highest BCUT2D eigenvalue weighted by molar-refractivity contribution is 7.85. The molecule has 25 heavy (non-hydrogen) atoms. The first-order valence-corrected chi connectivity index (χ1v) is 11.0. The van der Waals surface area contributed by atoms with Crippen molar-refractivity contribution in [3.63, 3.8) is 0 Å². The molecule has 0 spiro atoms. The van der Waals surface area contributed by atoms with E-state index in [4.69, 9.17) is 4.55 Å². The van der Waals surface area contributed by atoms with Gasteiger partial charge in [-0.25, -0.2) is 0 Å². The molecule has 1 N–H and O–H groups in total. The van der Waals surface area contributed by atoms with E-state index in [2.05, 4.69) is 27.8 Å². The molecule has 0 saturated heterocycles. The molecule has 0 bridgehead atoms. The lowest BCUT2D eigenvalue weighted by atomic mass is 10.2. The zero-order valence-corrected chi connectivity index (χ0v) is 17.6. The van der Waals surface area contributed by atoms with Crippen LogP contribution in [0.25, 0.3) is 0 Å². The Labute approximate surface area is 155 Å². The van der Waals surface area contributed by atoms with Gasteiger partial charge in [0.05, 0.1) is 31.6 Å². The number of hydrogen-bond acceptors (Lipinski definition) is 2. The first-order valence-electron chi connectivity index (χ1n) is 9.56. The molecule has 0 radical (unpaired) electrons. The Morgan fingerprint density at radius 1 is 0.840 bits per heavy atom. The maximum atomic E-state index is 10.5. The minimum atomic E-state index is -4.02. The van der Waals surface area contributed by atoms with Gasteiger partial charge in [-0.05, 0) is 38.3 Å². The van der Waals surface area contributed by atoms with Crippen LogP contribution >= 0.6 is 0 Å². The van der Waals surface area contributed by atoms with Gasteiger partial charge in [-0.3, -0.25) is 4.55 Å². The molecule has 0 heterocycles. The number of hydrogen-bond donors (Lipinski definition) is 1. The van der Waals surface area contributed by atoms with Crippen molar-refractivity contribution >= 4 is 10.1 Å². The van der Waals surface area contributed by atoms with Gasteiger partial charge in [0.15, 0.2) is 0 Å². The predicted octanol–water partition coefficient (Wildman–Crippen LogP) is 5.08. The van der Waals surface area contributed by atoms with Crippen molar-refractivity contribution in [3.05, 3.63) is 29.8 Å². The number of nitrogens with zero attached hydrogens (tertiary/aromatic N) is 1. The normalized spacial score (nSPS) is 11.8. The number of quaternary nitrogens is 1. The molecule has 0 atom stereocenters. The van der Waals surface area contributed by atoms with Crippen LogP contribution in [0, 0.1) is 6.92 Å². The standard InChI is InChI=1S/C13H30N.C7H8O3S/c1-5-8-11-14(4,12-9-6-2)13-10-7-3;1-6-2-4-7(5-3-6)11(8,9)10/h5-13H2,1-4H3;2-5H,1H3,(H,8,9,10)/q+1;. The monoisotopic (exact) mass is 372 g/mol. The van der Waals surface area contributed by atoms with Gasteiger partial charge >= 0.3 is 0 Å². The third-order valence-corrected chi connectivity index (χ3v) is 5.34. The molecule has 0 saturated carbocycles. The second kappa shape index (κ2) is 12.4. The summed E-state index contributed by atoms with van der Waals surface area (Å²) in [6.07, 6.45) is 8.20. The average Bonchev–Trinajstić information content (AvgIpc) is 2.57. The lowest BCUT2D eigenvalue weighted by Crippen LogP contribution is -2.46. The fourth-order valence-electron chi connectivity index (χ4n) is 2.67. The van der Waals surface area contributed by atoms with Gasteiger partial charge in [0.2, 0.25) is 0 Å². The molecule has 0 aliphatic rings. The van der Waals surface area contributed by atoms with Gasteiger partial charge in [-0.15, -0.1) is 0 Å². The van der Waals surface area contributed by atoms with Crippen LogP contribution < -0.4 is 0 Å². The molecule has 0 aliphatic heterocycles. The number of benzene rings is 1. The summed E-state index contributed by atoms with van der Waals surface area (Å²) in [6.45, 7) is 12.9. The van der Waals surface area contributed by atoms with Crippen LogP contribution in [0.15, 0.2) is 29.2 Å². The summed E-state index contributed by atoms with van der Waals surface area (Å²) in [5, 5.41) is 0. The van der Waals surface area contributed by atoms with Crippen LogP contribution in [0.2, 0.25) is 0 Å². The summed E-state index contributed by atoms with van der Waals surface area (Å²) in [5.41, 5.74) is 0.956.